The number of nitrogens with zero attached hydrogens (tertiary/aromatic N) is 3. The van der Waals surface area contributed by atoms with Gasteiger partial charge in [0.05, 0.1) is 17.6 Å². The molecule has 3 rings (SSSR count). The summed E-state index contributed by atoms with van der Waals surface area (Å²) in [6.07, 6.45) is 3.82. The molecule has 0 atom stereocenters. The Balaban J connectivity index is 2.16. The van der Waals surface area contributed by atoms with Crippen molar-refractivity contribution in [2.75, 3.05) is 5.73 Å². The Bertz CT molecular complexity index is 621. The van der Waals surface area contributed by atoms with Crippen LogP contribution in [0.15, 0.2) is 42.7 Å². The number of hydrogen-bond donors (Lipinski definition) is 2. The van der Waals surface area contributed by atoms with Crippen LogP contribution in [0.3, 0.4) is 0 Å². The van der Waals surface area contributed by atoms with Crippen molar-refractivity contribution in [3.8, 4) is 16.9 Å². The van der Waals surface area contributed by atoms with Gasteiger partial charge in [-0.2, -0.15) is 10.2 Å². The van der Waals surface area contributed by atoms with E-state index in [2.05, 4.69) is 15.3 Å². The van der Waals surface area contributed by atoms with E-state index in [0.29, 0.717) is 5.82 Å². The second-order valence-electron chi connectivity index (χ2n) is 4.19. The third-order valence-electron chi connectivity index (χ3n) is 2.75. The van der Waals surface area contributed by atoms with Crippen molar-refractivity contribution in [1.29, 1.82) is 0 Å². The van der Waals surface area contributed by atoms with E-state index in [1.807, 2.05) is 54.3 Å². The number of rotatable bonds is 2. The SMILES string of the molecule is Cc1cnn(-c2ccccc2-c2cc(N)n[nH]2)c1. The molecule has 0 bridgehead atoms. The van der Waals surface area contributed by atoms with Gasteiger partial charge in [0.25, 0.3) is 0 Å². The number of nitrogens with one attached hydrogen (secondary N) is 1. The molecule has 90 valence electrons. The van der Waals surface area contributed by atoms with E-state index < -0.39 is 0 Å². The summed E-state index contributed by atoms with van der Waals surface area (Å²) in [5, 5.41) is 11.2. The highest BCUT2D eigenvalue weighted by molar-refractivity contribution is 5.71. The second kappa shape index (κ2) is 4.03. The van der Waals surface area contributed by atoms with Gasteiger partial charge in [0.2, 0.25) is 0 Å². The molecule has 5 nitrogen and oxygen atoms in total. The Morgan fingerprint density at radius 2 is 2.11 bits per heavy atom. The molecule has 18 heavy (non-hydrogen) atoms. The van der Waals surface area contributed by atoms with Crippen LogP contribution in [-0.2, 0) is 0 Å². The maximum absolute atomic E-state index is 5.64. The molecule has 2 aromatic heterocycles. The van der Waals surface area contributed by atoms with E-state index in [9.17, 15) is 0 Å². The average molecular weight is 239 g/mol. The topological polar surface area (TPSA) is 72.5 Å². The number of nitrogen functional groups attached to an aromatic ring is 1. The molecule has 2 heterocycles. The van der Waals surface area contributed by atoms with E-state index in [4.69, 9.17) is 5.73 Å². The van der Waals surface area contributed by atoms with Crippen molar-refractivity contribution in [3.05, 3.63) is 48.3 Å². The molecular weight excluding hydrogens is 226 g/mol. The standard InChI is InChI=1S/C13H13N5/c1-9-7-15-18(8-9)12-5-3-2-4-10(12)11-6-13(14)17-16-11/h2-8H,1H3,(H3,14,16,17). The van der Waals surface area contributed by atoms with E-state index in [0.717, 1.165) is 22.5 Å². The molecule has 5 heteroatoms. The van der Waals surface area contributed by atoms with Crippen molar-refractivity contribution < 1.29 is 0 Å². The van der Waals surface area contributed by atoms with Gasteiger partial charge in [0.15, 0.2) is 0 Å². The summed E-state index contributed by atoms with van der Waals surface area (Å²) in [5.74, 6) is 0.483. The molecule has 1 aromatic carbocycles. The lowest BCUT2D eigenvalue weighted by Gasteiger charge is -2.07. The zero-order chi connectivity index (χ0) is 12.5. The maximum Gasteiger partial charge on any atom is 0.145 e. The fraction of sp³-hybridized carbons (Fsp3) is 0.0769. The zero-order valence-corrected chi connectivity index (χ0v) is 9.96. The van der Waals surface area contributed by atoms with E-state index in [1.165, 1.54) is 0 Å². The minimum Gasteiger partial charge on any atom is -0.382 e. The highest BCUT2D eigenvalue weighted by atomic mass is 15.3. The van der Waals surface area contributed by atoms with E-state index in [-0.39, 0.29) is 0 Å². The van der Waals surface area contributed by atoms with Gasteiger partial charge < -0.3 is 5.73 Å². The Hall–Kier alpha value is -2.56. The van der Waals surface area contributed by atoms with Crippen molar-refractivity contribution in [2.24, 2.45) is 0 Å². The Morgan fingerprint density at radius 3 is 2.78 bits per heavy atom. The first-order valence-electron chi connectivity index (χ1n) is 5.66. The van der Waals surface area contributed by atoms with Gasteiger partial charge in [0.1, 0.15) is 5.82 Å². The predicted molar refractivity (Wildman–Crippen MR) is 70.3 cm³/mol. The van der Waals surface area contributed by atoms with Crippen LogP contribution in [0.4, 0.5) is 5.82 Å². The third-order valence-corrected chi connectivity index (χ3v) is 2.75. The first-order chi connectivity index (χ1) is 8.74. The number of H-pyrrole nitrogens is 1. The Morgan fingerprint density at radius 1 is 1.28 bits per heavy atom. The Kier molecular flexibility index (Phi) is 2.37. The number of anilines is 1. The first-order valence-corrected chi connectivity index (χ1v) is 5.66. The molecule has 0 fully saturated rings. The van der Waals surface area contributed by atoms with Gasteiger partial charge in [-0.15, -0.1) is 0 Å². The second-order valence-corrected chi connectivity index (χ2v) is 4.19. The van der Waals surface area contributed by atoms with Crippen LogP contribution in [0.5, 0.6) is 0 Å². The van der Waals surface area contributed by atoms with Crippen LogP contribution in [0.2, 0.25) is 0 Å². The molecular formula is C13H13N5. The van der Waals surface area contributed by atoms with Gasteiger partial charge in [0, 0.05) is 17.8 Å². The van der Waals surface area contributed by atoms with E-state index >= 15 is 0 Å². The smallest absolute Gasteiger partial charge is 0.145 e. The fourth-order valence-corrected chi connectivity index (χ4v) is 1.92. The minimum atomic E-state index is 0.483. The van der Waals surface area contributed by atoms with Gasteiger partial charge in [-0.3, -0.25) is 5.10 Å². The molecule has 0 saturated heterocycles. The number of aromatic nitrogens is 4. The lowest BCUT2D eigenvalue weighted by atomic mass is 10.1. The maximum atomic E-state index is 5.64. The molecule has 0 saturated carbocycles. The number of aromatic amines is 1. The van der Waals surface area contributed by atoms with Crippen LogP contribution < -0.4 is 5.73 Å². The molecule has 0 aliphatic carbocycles. The van der Waals surface area contributed by atoms with E-state index in [1.54, 1.807) is 0 Å². The van der Waals surface area contributed by atoms with Crippen molar-refractivity contribution in [3.63, 3.8) is 0 Å². The van der Waals surface area contributed by atoms with Crippen LogP contribution in [-0.4, -0.2) is 20.0 Å². The summed E-state index contributed by atoms with van der Waals surface area (Å²) in [6, 6.07) is 9.80. The number of hydrogen-bond acceptors (Lipinski definition) is 3. The van der Waals surface area contributed by atoms with Crippen LogP contribution in [0.1, 0.15) is 5.56 Å². The summed E-state index contributed by atoms with van der Waals surface area (Å²) in [4.78, 5) is 0. The molecule has 0 amide bonds. The van der Waals surface area contributed by atoms with Gasteiger partial charge in [-0.05, 0) is 18.6 Å². The van der Waals surface area contributed by atoms with Crippen molar-refractivity contribution in [2.45, 2.75) is 6.92 Å². The average Bonchev–Trinajstić information content (AvgIpc) is 2.98. The normalized spacial score (nSPS) is 10.7. The summed E-state index contributed by atoms with van der Waals surface area (Å²) in [6.45, 7) is 2.01. The largest absolute Gasteiger partial charge is 0.382 e. The summed E-state index contributed by atoms with van der Waals surface area (Å²) in [5.41, 5.74) is 9.66. The number of aryl methyl sites for hydroxylation is 1. The van der Waals surface area contributed by atoms with Crippen LogP contribution in [0, 0.1) is 6.92 Å². The summed E-state index contributed by atoms with van der Waals surface area (Å²) < 4.78 is 1.85. The molecule has 0 aliphatic rings. The molecule has 0 radical (unpaired) electrons. The van der Waals surface area contributed by atoms with Crippen LogP contribution >= 0.6 is 0 Å². The number of para-hydroxylation sites is 1. The molecule has 0 aliphatic heterocycles. The number of nitrogens with two attached hydrogens (primary N) is 1. The fourth-order valence-electron chi connectivity index (χ4n) is 1.92. The first kappa shape index (κ1) is 10.6. The Labute approximate surface area is 104 Å². The van der Waals surface area contributed by atoms with Crippen LogP contribution in [0.25, 0.3) is 16.9 Å². The monoisotopic (exact) mass is 239 g/mol. The number of benzene rings is 1. The lowest BCUT2D eigenvalue weighted by Crippen LogP contribution is -1.97. The van der Waals surface area contributed by atoms with Gasteiger partial charge in [-0.1, -0.05) is 18.2 Å². The van der Waals surface area contributed by atoms with Gasteiger partial charge >= 0.3 is 0 Å². The predicted octanol–water partition coefficient (Wildman–Crippen LogP) is 2.15. The molecule has 3 N–H and O–H groups in total. The third kappa shape index (κ3) is 1.75. The highest BCUT2D eigenvalue weighted by Gasteiger charge is 2.09. The lowest BCUT2D eigenvalue weighted by molar-refractivity contribution is 0.881. The molecule has 3 aromatic rings. The molecule has 0 spiro atoms. The minimum absolute atomic E-state index is 0.483. The quantitative estimate of drug-likeness (QED) is 0.719. The highest BCUT2D eigenvalue weighted by Crippen LogP contribution is 2.25. The molecule has 0 unspecified atom stereocenters. The van der Waals surface area contributed by atoms with Crippen molar-refractivity contribution in [1.82, 2.24) is 20.0 Å². The summed E-state index contributed by atoms with van der Waals surface area (Å²) in [7, 11) is 0. The van der Waals surface area contributed by atoms with Gasteiger partial charge in [-0.25, -0.2) is 4.68 Å². The van der Waals surface area contributed by atoms with Crippen molar-refractivity contribution >= 4 is 5.82 Å². The summed E-state index contributed by atoms with van der Waals surface area (Å²) >= 11 is 0. The zero-order valence-electron chi connectivity index (χ0n) is 9.96.